The number of hydrogen-bond acceptors (Lipinski definition) is 3. The van der Waals surface area contributed by atoms with Gasteiger partial charge in [0.15, 0.2) is 0 Å². The lowest BCUT2D eigenvalue weighted by Gasteiger charge is -2.16. The van der Waals surface area contributed by atoms with Crippen LogP contribution in [0.4, 0.5) is 0 Å². The molecule has 1 aromatic rings. The number of hydrogen-bond donors (Lipinski definition) is 1. The fourth-order valence-corrected chi connectivity index (χ4v) is 1.40. The fourth-order valence-electron chi connectivity index (χ4n) is 1.40. The minimum absolute atomic E-state index is 0.264. The van der Waals surface area contributed by atoms with Crippen LogP contribution < -0.4 is 5.32 Å². The van der Waals surface area contributed by atoms with E-state index in [-0.39, 0.29) is 5.41 Å². The summed E-state index contributed by atoms with van der Waals surface area (Å²) >= 11 is 0. The van der Waals surface area contributed by atoms with Crippen molar-refractivity contribution >= 4 is 0 Å². The molecule has 0 aliphatic rings. The van der Waals surface area contributed by atoms with Gasteiger partial charge in [0.05, 0.1) is 18.0 Å². The summed E-state index contributed by atoms with van der Waals surface area (Å²) in [6, 6.07) is 2.32. The second kappa shape index (κ2) is 5.66. The van der Waals surface area contributed by atoms with Gasteiger partial charge in [-0.15, -0.1) is 0 Å². The summed E-state index contributed by atoms with van der Waals surface area (Å²) in [5, 5.41) is 12.2. The first-order valence-electron chi connectivity index (χ1n) is 5.71. The number of nitrogens with one attached hydrogen (secondary N) is 1. The Balaban J connectivity index is 2.54. The number of imidazole rings is 1. The van der Waals surface area contributed by atoms with Crippen LogP contribution in [0.5, 0.6) is 0 Å². The second-order valence-electron chi connectivity index (χ2n) is 4.56. The van der Waals surface area contributed by atoms with E-state index in [0.29, 0.717) is 0 Å². The van der Waals surface area contributed by atoms with Gasteiger partial charge >= 0.3 is 0 Å². The van der Waals surface area contributed by atoms with Gasteiger partial charge in [-0.1, -0.05) is 6.92 Å². The highest BCUT2D eigenvalue weighted by atomic mass is 15.1. The van der Waals surface area contributed by atoms with Gasteiger partial charge in [-0.3, -0.25) is 0 Å². The van der Waals surface area contributed by atoms with Crippen molar-refractivity contribution in [3.8, 4) is 6.07 Å². The first kappa shape index (κ1) is 12.7. The van der Waals surface area contributed by atoms with Crippen LogP contribution in [0.3, 0.4) is 0 Å². The number of aromatic nitrogens is 2. The quantitative estimate of drug-likeness (QED) is 0.797. The minimum atomic E-state index is -0.264. The topological polar surface area (TPSA) is 53.6 Å². The van der Waals surface area contributed by atoms with Crippen LogP contribution in [0.1, 0.15) is 33.0 Å². The van der Waals surface area contributed by atoms with Gasteiger partial charge in [0.2, 0.25) is 0 Å². The second-order valence-corrected chi connectivity index (χ2v) is 4.56. The van der Waals surface area contributed by atoms with Crippen molar-refractivity contribution in [3.05, 3.63) is 18.2 Å². The molecule has 0 aromatic carbocycles. The Morgan fingerprint density at radius 2 is 2.31 bits per heavy atom. The summed E-state index contributed by atoms with van der Waals surface area (Å²) in [5.74, 6) is 1.04. The molecule has 0 spiro atoms. The smallest absolute Gasteiger partial charge is 0.122 e. The zero-order valence-corrected chi connectivity index (χ0v) is 10.3. The summed E-state index contributed by atoms with van der Waals surface area (Å²) in [5.41, 5.74) is -0.264. The lowest BCUT2D eigenvalue weighted by molar-refractivity contribution is 0.407. The molecule has 0 saturated heterocycles. The Hall–Kier alpha value is -1.34. The maximum atomic E-state index is 8.95. The van der Waals surface area contributed by atoms with Crippen LogP contribution in [0.2, 0.25) is 0 Å². The lowest BCUT2D eigenvalue weighted by Crippen LogP contribution is -2.18. The van der Waals surface area contributed by atoms with Crippen molar-refractivity contribution in [3.63, 3.8) is 0 Å². The molecule has 0 aliphatic carbocycles. The molecule has 1 aromatic heterocycles. The first-order valence-corrected chi connectivity index (χ1v) is 5.71. The van der Waals surface area contributed by atoms with E-state index in [9.17, 15) is 0 Å². The van der Waals surface area contributed by atoms with Gasteiger partial charge in [0.1, 0.15) is 5.82 Å². The summed E-state index contributed by atoms with van der Waals surface area (Å²) < 4.78 is 2.11. The largest absolute Gasteiger partial charge is 0.334 e. The van der Waals surface area contributed by atoms with Crippen molar-refractivity contribution in [2.45, 2.75) is 40.3 Å². The highest BCUT2D eigenvalue weighted by molar-refractivity contribution is 4.95. The molecule has 16 heavy (non-hydrogen) atoms. The predicted molar refractivity (Wildman–Crippen MR) is 63.6 cm³/mol. The molecule has 0 radical (unpaired) electrons. The van der Waals surface area contributed by atoms with E-state index in [1.54, 1.807) is 0 Å². The van der Waals surface area contributed by atoms with Crippen molar-refractivity contribution in [1.82, 2.24) is 14.9 Å². The van der Waals surface area contributed by atoms with Crippen molar-refractivity contribution in [2.75, 3.05) is 6.54 Å². The third kappa shape index (κ3) is 3.67. The molecule has 4 heteroatoms. The Bertz CT molecular complexity index is 359. The molecule has 4 nitrogen and oxygen atoms in total. The Kier molecular flexibility index (Phi) is 4.51. The first-order chi connectivity index (χ1) is 7.59. The van der Waals surface area contributed by atoms with Crippen LogP contribution >= 0.6 is 0 Å². The number of nitriles is 1. The third-order valence-corrected chi connectivity index (χ3v) is 2.62. The van der Waals surface area contributed by atoms with E-state index in [0.717, 1.165) is 31.9 Å². The lowest BCUT2D eigenvalue weighted by atomic mass is 9.91. The zero-order valence-electron chi connectivity index (χ0n) is 10.3. The highest BCUT2D eigenvalue weighted by Crippen LogP contribution is 2.19. The summed E-state index contributed by atoms with van der Waals surface area (Å²) in [6.07, 6.45) is 4.63. The minimum Gasteiger partial charge on any atom is -0.334 e. The van der Waals surface area contributed by atoms with Crippen LogP contribution in [-0.4, -0.2) is 16.1 Å². The van der Waals surface area contributed by atoms with Gasteiger partial charge in [0, 0.05) is 18.9 Å². The molecule has 88 valence electrons. The van der Waals surface area contributed by atoms with Gasteiger partial charge in [-0.05, 0) is 26.8 Å². The molecule has 1 rings (SSSR count). The third-order valence-electron chi connectivity index (χ3n) is 2.62. The van der Waals surface area contributed by atoms with Crippen LogP contribution in [0, 0.1) is 16.7 Å². The summed E-state index contributed by atoms with van der Waals surface area (Å²) in [7, 11) is 0. The van der Waals surface area contributed by atoms with Gasteiger partial charge in [-0.25, -0.2) is 4.98 Å². The Labute approximate surface area is 97.3 Å². The summed E-state index contributed by atoms with van der Waals surface area (Å²) in [6.45, 7) is 8.59. The molecule has 1 heterocycles. The maximum absolute atomic E-state index is 8.95. The molecule has 0 aliphatic heterocycles. The van der Waals surface area contributed by atoms with Gasteiger partial charge in [-0.2, -0.15) is 5.26 Å². The molecule has 0 bridgehead atoms. The van der Waals surface area contributed by atoms with E-state index >= 15 is 0 Å². The van der Waals surface area contributed by atoms with Crippen molar-refractivity contribution in [2.24, 2.45) is 5.41 Å². The molecule has 1 N–H and O–H groups in total. The van der Waals surface area contributed by atoms with E-state index in [1.165, 1.54) is 0 Å². The monoisotopic (exact) mass is 220 g/mol. The van der Waals surface area contributed by atoms with Gasteiger partial charge < -0.3 is 9.88 Å². The average molecular weight is 220 g/mol. The van der Waals surface area contributed by atoms with Crippen LogP contribution in [-0.2, 0) is 13.1 Å². The van der Waals surface area contributed by atoms with Crippen molar-refractivity contribution < 1.29 is 0 Å². The van der Waals surface area contributed by atoms with Crippen molar-refractivity contribution in [1.29, 1.82) is 5.26 Å². The van der Waals surface area contributed by atoms with Crippen LogP contribution in [0.15, 0.2) is 12.4 Å². The normalized spacial score (nSPS) is 11.4. The van der Waals surface area contributed by atoms with Gasteiger partial charge in [0.25, 0.3) is 0 Å². The standard InChI is InChI=1S/C12H20N4/c1-4-14-9-11-15-6-8-16(11)7-5-12(2,3)10-13/h6,8,14H,4-5,7,9H2,1-3H3. The molecule has 0 amide bonds. The molecular weight excluding hydrogens is 200 g/mol. The SMILES string of the molecule is CCNCc1nccn1CCC(C)(C)C#N. The maximum Gasteiger partial charge on any atom is 0.122 e. The molecule has 0 fully saturated rings. The zero-order chi connectivity index (χ0) is 12.0. The van der Waals surface area contributed by atoms with E-state index in [4.69, 9.17) is 5.26 Å². The van der Waals surface area contributed by atoms with E-state index in [1.807, 2.05) is 26.2 Å². The summed E-state index contributed by atoms with van der Waals surface area (Å²) in [4.78, 5) is 4.30. The van der Waals surface area contributed by atoms with Crippen LogP contribution in [0.25, 0.3) is 0 Å². The number of aryl methyl sites for hydroxylation is 1. The molecule has 0 unspecified atom stereocenters. The predicted octanol–water partition coefficient (Wildman–Crippen LogP) is 1.93. The Morgan fingerprint density at radius 1 is 1.56 bits per heavy atom. The van der Waals surface area contributed by atoms with E-state index in [2.05, 4.69) is 27.9 Å². The van der Waals surface area contributed by atoms with E-state index < -0.39 is 0 Å². The number of nitrogens with zero attached hydrogens (tertiary/aromatic N) is 3. The molecule has 0 atom stereocenters. The highest BCUT2D eigenvalue weighted by Gasteiger charge is 2.16. The Morgan fingerprint density at radius 3 is 2.94 bits per heavy atom. The molecule has 0 saturated carbocycles. The fraction of sp³-hybridized carbons (Fsp3) is 0.667. The molecular formula is C12H20N4. The number of rotatable bonds is 6. The average Bonchev–Trinajstić information content (AvgIpc) is 2.71.